The molecule has 0 aliphatic carbocycles. The molecule has 0 bridgehead atoms. The van der Waals surface area contributed by atoms with Crippen LogP contribution in [0.5, 0.6) is 0 Å². The zero-order valence-electron chi connectivity index (χ0n) is 33.2. The minimum absolute atomic E-state index is 0.137. The lowest BCUT2D eigenvalue weighted by Gasteiger charge is -2.44. The van der Waals surface area contributed by atoms with Gasteiger partial charge in [-0.25, -0.2) is 19.2 Å². The topological polar surface area (TPSA) is 162 Å². The Morgan fingerprint density at radius 3 is 1.51 bits per heavy atom. The fourth-order valence-electron chi connectivity index (χ4n) is 6.69. The molecular formula is C47H44O13S. The van der Waals surface area contributed by atoms with Gasteiger partial charge in [-0.1, -0.05) is 103 Å². The quantitative estimate of drug-likeness (QED) is 0.0856. The van der Waals surface area contributed by atoms with Crippen LogP contribution in [0.25, 0.3) is 0 Å². The summed E-state index contributed by atoms with van der Waals surface area (Å²) in [7, 11) is 0. The van der Waals surface area contributed by atoms with E-state index in [1.54, 1.807) is 98.8 Å². The lowest BCUT2D eigenvalue weighted by atomic mass is 9.97. The average molecular weight is 849 g/mol. The van der Waals surface area contributed by atoms with E-state index in [2.05, 4.69) is 0 Å². The fraction of sp³-hybridized carbons (Fsp3) is 0.277. The maximum atomic E-state index is 13.9. The molecule has 2 fully saturated rings. The van der Waals surface area contributed by atoms with Gasteiger partial charge in [0.15, 0.2) is 30.4 Å². The summed E-state index contributed by atoms with van der Waals surface area (Å²) >= 11 is 1.36. The number of carbonyl (C=O) groups excluding carboxylic acids is 4. The number of aliphatic hydroxyl groups excluding tert-OH is 1. The molecule has 5 aromatic rings. The monoisotopic (exact) mass is 848 g/mol. The van der Waals surface area contributed by atoms with Crippen molar-refractivity contribution in [3.8, 4) is 0 Å². The highest BCUT2D eigenvalue weighted by molar-refractivity contribution is 7.99. The first-order valence-electron chi connectivity index (χ1n) is 19.6. The summed E-state index contributed by atoms with van der Waals surface area (Å²) in [6.45, 7) is 2.45. The molecule has 0 saturated carbocycles. The maximum Gasteiger partial charge on any atom is 0.338 e. The van der Waals surface area contributed by atoms with Crippen LogP contribution in [-0.2, 0) is 37.9 Å². The number of rotatable bonds is 15. The van der Waals surface area contributed by atoms with E-state index in [1.165, 1.54) is 48.2 Å². The van der Waals surface area contributed by atoms with Crippen molar-refractivity contribution in [1.82, 2.24) is 0 Å². The molecule has 7 rings (SSSR count). The zero-order chi connectivity index (χ0) is 42.8. The van der Waals surface area contributed by atoms with Crippen molar-refractivity contribution in [2.45, 2.75) is 72.9 Å². The number of hydrogen-bond donors (Lipinski definition) is 1. The van der Waals surface area contributed by atoms with Gasteiger partial charge in [-0.2, -0.15) is 0 Å². The van der Waals surface area contributed by atoms with E-state index in [-0.39, 0.29) is 22.3 Å². The van der Waals surface area contributed by atoms with Gasteiger partial charge in [0, 0.05) is 4.90 Å². The molecule has 316 valence electrons. The molecule has 14 heteroatoms. The van der Waals surface area contributed by atoms with Crippen molar-refractivity contribution < 1.29 is 62.2 Å². The van der Waals surface area contributed by atoms with Crippen LogP contribution < -0.4 is 0 Å². The Labute approximate surface area is 356 Å². The van der Waals surface area contributed by atoms with E-state index >= 15 is 0 Å². The summed E-state index contributed by atoms with van der Waals surface area (Å²) in [4.78, 5) is 55.7. The van der Waals surface area contributed by atoms with Gasteiger partial charge in [-0.15, -0.1) is 0 Å². The van der Waals surface area contributed by atoms with Gasteiger partial charge in [-0.3, -0.25) is 0 Å². The maximum absolute atomic E-state index is 13.9. The van der Waals surface area contributed by atoms with E-state index < -0.39 is 91.2 Å². The standard InChI is InChI=1S/C47H44O13S/c1-47(2)59-37(46(60-47)61-34-26-16-7-17-27-34)35(48)28-54-45-40(58-44(52)33-24-14-6-15-25-33)39(57-43(51)32-22-12-5-13-23-32)38(56-42(50)31-20-10-4-11-21-31)36(55-45)29-53-41(49)30-18-8-3-9-19-30/h3-27,35-40,45-46,48H,28-29H2,1-2H3/t35-,36-,37+,38-,39+,40+,45+,46+/m1/s1. The first-order valence-corrected chi connectivity index (χ1v) is 20.5. The number of benzene rings is 5. The molecule has 0 spiro atoms. The van der Waals surface area contributed by atoms with Crippen molar-refractivity contribution in [1.29, 1.82) is 0 Å². The minimum Gasteiger partial charge on any atom is -0.459 e. The molecule has 13 nitrogen and oxygen atoms in total. The Kier molecular flexibility index (Phi) is 14.3. The summed E-state index contributed by atoms with van der Waals surface area (Å²) in [6.07, 6.45) is -10.1. The molecule has 2 aliphatic heterocycles. The molecule has 0 radical (unpaired) electrons. The third-order valence-electron chi connectivity index (χ3n) is 9.63. The van der Waals surface area contributed by atoms with Gasteiger partial charge in [-0.05, 0) is 74.5 Å². The largest absolute Gasteiger partial charge is 0.459 e. The average Bonchev–Trinajstić information content (AvgIpc) is 3.60. The predicted octanol–water partition coefficient (Wildman–Crippen LogP) is 6.89. The normalized spacial score (nSPS) is 23.6. The molecule has 0 amide bonds. The number of ether oxygens (including phenoxy) is 8. The summed E-state index contributed by atoms with van der Waals surface area (Å²) < 4.78 is 49.1. The van der Waals surface area contributed by atoms with Crippen LogP contribution in [0.4, 0.5) is 0 Å². The summed E-state index contributed by atoms with van der Waals surface area (Å²) in [5.41, 5.74) is 0.00312. The van der Waals surface area contributed by atoms with Crippen LogP contribution in [0.15, 0.2) is 157 Å². The Balaban J connectivity index is 1.24. The van der Waals surface area contributed by atoms with Gasteiger partial charge < -0.3 is 43.0 Å². The second-order valence-electron chi connectivity index (χ2n) is 14.5. The first kappa shape index (κ1) is 43.2. The van der Waals surface area contributed by atoms with E-state index in [9.17, 15) is 24.3 Å². The first-order chi connectivity index (χ1) is 29.5. The number of thioether (sulfide) groups is 1. The Morgan fingerprint density at radius 1 is 0.590 bits per heavy atom. The highest BCUT2D eigenvalue weighted by Gasteiger charge is 2.54. The summed E-state index contributed by atoms with van der Waals surface area (Å²) in [6, 6.07) is 41.8. The van der Waals surface area contributed by atoms with Gasteiger partial charge in [0.25, 0.3) is 0 Å². The molecule has 61 heavy (non-hydrogen) atoms. The Hall–Kier alpha value is -5.87. The van der Waals surface area contributed by atoms with Crippen LogP contribution in [0.1, 0.15) is 55.3 Å². The third-order valence-corrected chi connectivity index (χ3v) is 10.8. The van der Waals surface area contributed by atoms with Crippen molar-refractivity contribution in [3.05, 3.63) is 174 Å². The van der Waals surface area contributed by atoms with Crippen LogP contribution >= 0.6 is 11.8 Å². The highest BCUT2D eigenvalue weighted by Crippen LogP contribution is 2.40. The zero-order valence-corrected chi connectivity index (χ0v) is 34.0. The number of esters is 4. The Bertz CT molecular complexity index is 2210. The SMILES string of the molecule is CC1(C)O[C@@H]([C@H](O)CO[C@H]2O[C@H](COC(=O)c3ccccc3)[C@@H](OC(=O)c3ccccc3)[C@H](OC(=O)c3ccccc3)[C@@H]2OC(=O)c2ccccc2)[C@H](Sc2ccccc2)O1. The molecule has 0 unspecified atom stereocenters. The van der Waals surface area contributed by atoms with Crippen LogP contribution in [-0.4, -0.2) is 96.3 Å². The lowest BCUT2D eigenvalue weighted by molar-refractivity contribution is -0.303. The molecule has 2 saturated heterocycles. The van der Waals surface area contributed by atoms with Gasteiger partial charge >= 0.3 is 23.9 Å². The highest BCUT2D eigenvalue weighted by atomic mass is 32.2. The third kappa shape index (κ3) is 11.3. The van der Waals surface area contributed by atoms with Crippen molar-refractivity contribution in [2.75, 3.05) is 13.2 Å². The van der Waals surface area contributed by atoms with Gasteiger partial charge in [0.05, 0.1) is 28.9 Å². The summed E-state index contributed by atoms with van der Waals surface area (Å²) in [5, 5.41) is 11.7. The van der Waals surface area contributed by atoms with Gasteiger partial charge in [0.2, 0.25) is 0 Å². The van der Waals surface area contributed by atoms with Crippen LogP contribution in [0, 0.1) is 0 Å². The molecule has 1 N–H and O–H groups in total. The second-order valence-corrected chi connectivity index (χ2v) is 15.7. The predicted molar refractivity (Wildman–Crippen MR) is 220 cm³/mol. The molecular weight excluding hydrogens is 805 g/mol. The van der Waals surface area contributed by atoms with Crippen LogP contribution in [0.2, 0.25) is 0 Å². The number of carbonyl (C=O) groups is 4. The molecule has 0 aromatic heterocycles. The number of aliphatic hydroxyl groups is 1. The Morgan fingerprint density at radius 2 is 1.02 bits per heavy atom. The molecule has 8 atom stereocenters. The smallest absolute Gasteiger partial charge is 0.338 e. The summed E-state index contributed by atoms with van der Waals surface area (Å²) in [5.74, 6) is -4.32. The number of hydrogen-bond acceptors (Lipinski definition) is 14. The van der Waals surface area contributed by atoms with Gasteiger partial charge in [0.1, 0.15) is 30.4 Å². The van der Waals surface area contributed by atoms with Crippen molar-refractivity contribution in [3.63, 3.8) is 0 Å². The molecule has 2 aliphatic rings. The molecule has 5 aromatic carbocycles. The van der Waals surface area contributed by atoms with Crippen molar-refractivity contribution >= 4 is 35.6 Å². The van der Waals surface area contributed by atoms with E-state index in [1.807, 2.05) is 30.3 Å². The van der Waals surface area contributed by atoms with E-state index in [4.69, 9.17) is 37.9 Å². The van der Waals surface area contributed by atoms with Crippen LogP contribution in [0.3, 0.4) is 0 Å². The minimum atomic E-state index is -1.63. The molecule has 2 heterocycles. The van der Waals surface area contributed by atoms with E-state index in [0.29, 0.717) is 0 Å². The fourth-order valence-corrected chi connectivity index (χ4v) is 7.93. The lowest BCUT2D eigenvalue weighted by Crippen LogP contribution is -2.63. The van der Waals surface area contributed by atoms with E-state index in [0.717, 1.165) is 4.90 Å². The van der Waals surface area contributed by atoms with Crippen molar-refractivity contribution in [2.24, 2.45) is 0 Å². The second kappa shape index (κ2) is 20.1.